The molecular formula is C12H15ClN4O3S2. The first-order valence-corrected chi connectivity index (χ1v) is 10.6. The van der Waals surface area contributed by atoms with Gasteiger partial charge in [-0.3, -0.25) is 9.69 Å². The van der Waals surface area contributed by atoms with Gasteiger partial charge in [-0.15, -0.1) is 0 Å². The number of carbonyl (C=O) groups is 1. The van der Waals surface area contributed by atoms with Crippen LogP contribution in [0, 0.1) is 5.92 Å². The fraction of sp³-hybridized carbons (Fsp3) is 0.667. The van der Waals surface area contributed by atoms with Crippen LogP contribution in [0.25, 0.3) is 0 Å². The van der Waals surface area contributed by atoms with Gasteiger partial charge in [0, 0.05) is 35.5 Å². The Labute approximate surface area is 137 Å². The molecule has 1 aliphatic carbocycles. The summed E-state index contributed by atoms with van der Waals surface area (Å²) in [6.07, 6.45) is 4.12. The second-order valence-electron chi connectivity index (χ2n) is 5.53. The average Bonchev–Trinajstić information content (AvgIpc) is 3.21. The quantitative estimate of drug-likeness (QED) is 0.577. The Kier molecular flexibility index (Phi) is 4.30. The fourth-order valence-electron chi connectivity index (χ4n) is 2.47. The zero-order valence-electron chi connectivity index (χ0n) is 11.9. The number of halogens is 1. The van der Waals surface area contributed by atoms with Gasteiger partial charge in [0.1, 0.15) is 5.82 Å². The minimum absolute atomic E-state index is 0.144. The molecule has 1 unspecified atom stereocenters. The molecule has 1 aliphatic heterocycles. The van der Waals surface area contributed by atoms with Gasteiger partial charge in [0.25, 0.3) is 0 Å². The third-order valence-electron chi connectivity index (χ3n) is 3.63. The van der Waals surface area contributed by atoms with Gasteiger partial charge >= 0.3 is 0 Å². The van der Waals surface area contributed by atoms with Gasteiger partial charge in [0.05, 0.1) is 5.75 Å². The van der Waals surface area contributed by atoms with Crippen molar-refractivity contribution in [1.29, 1.82) is 0 Å². The van der Waals surface area contributed by atoms with E-state index in [9.17, 15) is 13.2 Å². The molecule has 10 heteroatoms. The molecule has 0 bridgehead atoms. The van der Waals surface area contributed by atoms with Crippen molar-refractivity contribution in [2.24, 2.45) is 5.92 Å². The molecule has 1 saturated carbocycles. The monoisotopic (exact) mass is 362 g/mol. The Bertz CT molecular complexity index is 708. The minimum Gasteiger partial charge on any atom is -0.280 e. The van der Waals surface area contributed by atoms with Crippen molar-refractivity contribution in [1.82, 2.24) is 15.0 Å². The Morgan fingerprint density at radius 3 is 2.64 bits per heavy atom. The standard InChI is InChI=1S/C12H15ClN4O3S2/c1-21-12-15-10(8-2-3-8)14-11(16-12)17-5-7(4-9(17)18)6-22(13,19)20/h7-8H,2-6H2,1H3. The molecule has 3 rings (SSSR count). The lowest BCUT2D eigenvalue weighted by molar-refractivity contribution is -0.117. The molecule has 7 nitrogen and oxygen atoms in total. The molecule has 2 fully saturated rings. The van der Waals surface area contributed by atoms with Crippen LogP contribution in [0.1, 0.15) is 31.0 Å². The van der Waals surface area contributed by atoms with E-state index in [0.29, 0.717) is 17.0 Å². The van der Waals surface area contributed by atoms with E-state index in [1.54, 1.807) is 0 Å². The predicted octanol–water partition coefficient (Wildman–Crippen LogP) is 1.39. The van der Waals surface area contributed by atoms with Crippen LogP contribution < -0.4 is 4.90 Å². The zero-order chi connectivity index (χ0) is 15.9. The van der Waals surface area contributed by atoms with Gasteiger partial charge in [0.2, 0.25) is 20.9 Å². The Morgan fingerprint density at radius 1 is 1.32 bits per heavy atom. The van der Waals surface area contributed by atoms with Crippen molar-refractivity contribution in [3.05, 3.63) is 5.82 Å². The van der Waals surface area contributed by atoms with Gasteiger partial charge in [-0.2, -0.15) is 9.97 Å². The Morgan fingerprint density at radius 2 is 2.05 bits per heavy atom. The lowest BCUT2D eigenvalue weighted by Crippen LogP contribution is -2.28. The molecule has 0 aromatic carbocycles. The number of nitrogens with zero attached hydrogens (tertiary/aromatic N) is 4. The molecule has 1 saturated heterocycles. The van der Waals surface area contributed by atoms with Crippen molar-refractivity contribution < 1.29 is 13.2 Å². The third-order valence-corrected chi connectivity index (χ3v) is 5.42. The molecule has 2 aliphatic rings. The van der Waals surface area contributed by atoms with Crippen LogP contribution in [0.2, 0.25) is 0 Å². The van der Waals surface area contributed by atoms with E-state index < -0.39 is 9.05 Å². The summed E-state index contributed by atoms with van der Waals surface area (Å²) in [4.78, 5) is 26.6. The topological polar surface area (TPSA) is 93.1 Å². The van der Waals surface area contributed by atoms with Crippen molar-refractivity contribution in [2.75, 3.05) is 23.5 Å². The summed E-state index contributed by atoms with van der Waals surface area (Å²) in [5.74, 6) is 0.673. The predicted molar refractivity (Wildman–Crippen MR) is 83.7 cm³/mol. The molecule has 1 amide bonds. The first-order valence-electron chi connectivity index (χ1n) is 6.88. The molecular weight excluding hydrogens is 348 g/mol. The molecule has 1 aromatic rings. The van der Waals surface area contributed by atoms with Crippen LogP contribution in [-0.4, -0.2) is 47.8 Å². The maximum atomic E-state index is 12.1. The fourth-order valence-corrected chi connectivity index (χ4v) is 4.14. The highest BCUT2D eigenvalue weighted by Gasteiger charge is 2.36. The highest BCUT2D eigenvalue weighted by Crippen LogP contribution is 2.39. The van der Waals surface area contributed by atoms with Gasteiger partial charge < -0.3 is 0 Å². The summed E-state index contributed by atoms with van der Waals surface area (Å²) in [5, 5.41) is 0.577. The van der Waals surface area contributed by atoms with E-state index in [4.69, 9.17) is 10.7 Å². The van der Waals surface area contributed by atoms with Gasteiger partial charge in [-0.1, -0.05) is 11.8 Å². The van der Waals surface area contributed by atoms with E-state index in [1.165, 1.54) is 16.7 Å². The number of amides is 1. The zero-order valence-corrected chi connectivity index (χ0v) is 14.3. The molecule has 0 radical (unpaired) electrons. The molecule has 22 heavy (non-hydrogen) atoms. The third kappa shape index (κ3) is 3.69. The lowest BCUT2D eigenvalue weighted by atomic mass is 10.1. The van der Waals surface area contributed by atoms with Crippen LogP contribution in [-0.2, 0) is 13.8 Å². The summed E-state index contributed by atoms with van der Waals surface area (Å²) in [5.41, 5.74) is 0. The normalized spacial score (nSPS) is 22.4. The van der Waals surface area contributed by atoms with Crippen molar-refractivity contribution in [2.45, 2.75) is 30.3 Å². The summed E-state index contributed by atoms with van der Waals surface area (Å²) in [6, 6.07) is 0. The summed E-state index contributed by atoms with van der Waals surface area (Å²) in [6.45, 7) is 0.271. The number of anilines is 1. The number of aromatic nitrogens is 3. The van der Waals surface area contributed by atoms with Crippen LogP contribution in [0.4, 0.5) is 5.95 Å². The van der Waals surface area contributed by atoms with Crippen LogP contribution in [0.3, 0.4) is 0 Å². The highest BCUT2D eigenvalue weighted by molar-refractivity contribution is 8.13. The van der Waals surface area contributed by atoms with E-state index in [2.05, 4.69) is 15.0 Å². The van der Waals surface area contributed by atoms with E-state index in [1.807, 2.05) is 6.26 Å². The summed E-state index contributed by atoms with van der Waals surface area (Å²) < 4.78 is 22.4. The molecule has 120 valence electrons. The summed E-state index contributed by atoms with van der Waals surface area (Å²) >= 11 is 1.40. The van der Waals surface area contributed by atoms with Crippen LogP contribution >= 0.6 is 22.4 Å². The second-order valence-corrected chi connectivity index (χ2v) is 9.13. The van der Waals surface area contributed by atoms with Gasteiger partial charge in [0.15, 0.2) is 5.16 Å². The van der Waals surface area contributed by atoms with E-state index >= 15 is 0 Å². The molecule has 0 spiro atoms. The van der Waals surface area contributed by atoms with Crippen molar-refractivity contribution in [3.63, 3.8) is 0 Å². The Balaban J connectivity index is 1.84. The molecule has 0 N–H and O–H groups in total. The van der Waals surface area contributed by atoms with Crippen LogP contribution in [0.15, 0.2) is 5.16 Å². The lowest BCUT2D eigenvalue weighted by Gasteiger charge is -2.15. The largest absolute Gasteiger partial charge is 0.280 e. The molecule has 1 aromatic heterocycles. The minimum atomic E-state index is -3.62. The number of carbonyl (C=O) groups excluding carboxylic acids is 1. The van der Waals surface area contributed by atoms with Gasteiger partial charge in [-0.05, 0) is 19.1 Å². The smallest absolute Gasteiger partial charge is 0.236 e. The van der Waals surface area contributed by atoms with E-state index in [0.717, 1.165) is 18.7 Å². The molecule has 2 heterocycles. The summed E-state index contributed by atoms with van der Waals surface area (Å²) in [7, 11) is 1.65. The van der Waals surface area contributed by atoms with E-state index in [-0.39, 0.29) is 30.5 Å². The molecule has 1 atom stereocenters. The maximum Gasteiger partial charge on any atom is 0.236 e. The first-order chi connectivity index (χ1) is 10.4. The highest BCUT2D eigenvalue weighted by atomic mass is 35.7. The number of hydrogen-bond acceptors (Lipinski definition) is 7. The SMILES string of the molecule is CSc1nc(C2CC2)nc(N2CC(CS(=O)(=O)Cl)CC2=O)n1. The Hall–Kier alpha value is -0.930. The number of thioether (sulfide) groups is 1. The first kappa shape index (κ1) is 15.9. The second kappa shape index (κ2) is 5.93. The maximum absolute atomic E-state index is 12.1. The van der Waals surface area contributed by atoms with Crippen molar-refractivity contribution in [3.8, 4) is 0 Å². The van der Waals surface area contributed by atoms with Crippen molar-refractivity contribution >= 4 is 43.4 Å². The average molecular weight is 363 g/mol. The number of hydrogen-bond donors (Lipinski definition) is 0. The number of rotatable bonds is 5. The van der Waals surface area contributed by atoms with Gasteiger partial charge in [-0.25, -0.2) is 13.4 Å². The van der Waals surface area contributed by atoms with Crippen LogP contribution in [0.5, 0.6) is 0 Å².